The second kappa shape index (κ2) is 6.70. The van der Waals surface area contributed by atoms with Gasteiger partial charge in [0.25, 0.3) is 0 Å². The fraction of sp³-hybridized carbons (Fsp3) is 0.438. The molecule has 1 heterocycles. The lowest BCUT2D eigenvalue weighted by Crippen LogP contribution is -2.29. The maximum atomic E-state index is 12.1. The number of aromatic nitrogens is 3. The highest BCUT2D eigenvalue weighted by molar-refractivity contribution is 5.75. The average Bonchev–Trinajstić information content (AvgIpc) is 2.96. The number of carbonyl (C=O) groups is 1. The third-order valence-electron chi connectivity index (χ3n) is 4.05. The van der Waals surface area contributed by atoms with Gasteiger partial charge in [0.1, 0.15) is 6.54 Å². The van der Waals surface area contributed by atoms with Gasteiger partial charge in [0.15, 0.2) is 0 Å². The summed E-state index contributed by atoms with van der Waals surface area (Å²) < 4.78 is 1.71. The van der Waals surface area contributed by atoms with Crippen molar-refractivity contribution in [2.45, 2.75) is 45.4 Å². The minimum atomic E-state index is -0.0917. The molecule has 1 aromatic heterocycles. The molecule has 1 amide bonds. The Balaban J connectivity index is 1.60. The molecule has 0 bridgehead atoms. The maximum absolute atomic E-state index is 12.1. The van der Waals surface area contributed by atoms with Crippen LogP contribution in [0.1, 0.15) is 35.4 Å². The van der Waals surface area contributed by atoms with Crippen LogP contribution in [0.15, 0.2) is 24.3 Å². The van der Waals surface area contributed by atoms with Crippen LogP contribution in [0, 0.1) is 0 Å². The molecule has 0 unspecified atom stereocenters. The number of hydrogen-bond donors (Lipinski definition) is 2. The second-order valence-electron chi connectivity index (χ2n) is 5.55. The van der Waals surface area contributed by atoms with E-state index in [2.05, 4.69) is 15.6 Å². The normalized spacial score (nSPS) is 13.7. The summed E-state index contributed by atoms with van der Waals surface area (Å²) in [6.07, 6.45) is 4.19. The van der Waals surface area contributed by atoms with E-state index in [-0.39, 0.29) is 19.1 Å². The first-order valence-corrected chi connectivity index (χ1v) is 7.63. The second-order valence-corrected chi connectivity index (χ2v) is 5.55. The van der Waals surface area contributed by atoms with Crippen LogP contribution in [0.4, 0.5) is 0 Å². The van der Waals surface area contributed by atoms with Crippen LogP contribution in [-0.4, -0.2) is 26.0 Å². The fourth-order valence-electron chi connectivity index (χ4n) is 2.82. The summed E-state index contributed by atoms with van der Waals surface area (Å²) in [4.78, 5) is 12.1. The van der Waals surface area contributed by atoms with Crippen LogP contribution in [0.3, 0.4) is 0 Å². The van der Waals surface area contributed by atoms with Crippen LogP contribution in [-0.2, 0) is 37.3 Å². The molecule has 0 saturated carbocycles. The van der Waals surface area contributed by atoms with Crippen molar-refractivity contribution in [2.24, 2.45) is 0 Å². The minimum absolute atomic E-state index is 0.0252. The molecular weight excluding hydrogens is 280 g/mol. The summed E-state index contributed by atoms with van der Waals surface area (Å²) in [5.74, 6) is -0.0917. The average molecular weight is 300 g/mol. The molecule has 0 spiro atoms. The zero-order valence-corrected chi connectivity index (χ0v) is 12.5. The summed E-state index contributed by atoms with van der Waals surface area (Å²) >= 11 is 0. The molecule has 1 aliphatic carbocycles. The summed E-state index contributed by atoms with van der Waals surface area (Å²) in [7, 11) is 0. The van der Waals surface area contributed by atoms with Crippen molar-refractivity contribution in [3.8, 4) is 0 Å². The van der Waals surface area contributed by atoms with Crippen molar-refractivity contribution < 1.29 is 9.90 Å². The number of rotatable bonds is 5. The van der Waals surface area contributed by atoms with E-state index in [4.69, 9.17) is 0 Å². The maximum Gasteiger partial charge on any atom is 0.242 e. The smallest absolute Gasteiger partial charge is 0.242 e. The molecule has 6 nitrogen and oxygen atoms in total. The third-order valence-corrected chi connectivity index (χ3v) is 4.05. The van der Waals surface area contributed by atoms with Gasteiger partial charge in [-0.25, -0.2) is 4.68 Å². The Kier molecular flexibility index (Phi) is 4.48. The lowest BCUT2D eigenvalue weighted by atomic mass is 10.0. The predicted octanol–water partition coefficient (Wildman–Crippen LogP) is 0.966. The molecule has 0 aliphatic heterocycles. The molecule has 2 aromatic rings. The molecule has 0 radical (unpaired) electrons. The topological polar surface area (TPSA) is 80.0 Å². The number of nitrogens with zero attached hydrogens (tertiary/aromatic N) is 3. The molecule has 0 saturated heterocycles. The number of fused-ring (bicyclic) bond motifs is 1. The molecule has 1 aromatic carbocycles. The Morgan fingerprint density at radius 1 is 1.23 bits per heavy atom. The van der Waals surface area contributed by atoms with Gasteiger partial charge in [0, 0.05) is 6.54 Å². The largest absolute Gasteiger partial charge is 0.392 e. The van der Waals surface area contributed by atoms with Crippen molar-refractivity contribution in [1.82, 2.24) is 20.3 Å². The summed E-state index contributed by atoms with van der Waals surface area (Å²) in [6.45, 7) is 0.582. The fourth-order valence-corrected chi connectivity index (χ4v) is 2.82. The van der Waals surface area contributed by atoms with E-state index in [9.17, 15) is 9.90 Å². The molecule has 116 valence electrons. The Morgan fingerprint density at radius 3 is 2.82 bits per heavy atom. The third kappa shape index (κ3) is 3.17. The number of aryl methyl sites for hydroxylation is 1. The Morgan fingerprint density at radius 2 is 2.00 bits per heavy atom. The number of amides is 1. The molecule has 2 N–H and O–H groups in total. The van der Waals surface area contributed by atoms with Gasteiger partial charge in [0.05, 0.1) is 18.0 Å². The molecular formula is C16H20N4O2. The number of benzene rings is 1. The van der Waals surface area contributed by atoms with Gasteiger partial charge in [-0.3, -0.25) is 4.79 Å². The van der Waals surface area contributed by atoms with Crippen molar-refractivity contribution in [3.63, 3.8) is 0 Å². The van der Waals surface area contributed by atoms with E-state index in [0.717, 1.165) is 48.2 Å². The molecule has 0 atom stereocenters. The van der Waals surface area contributed by atoms with E-state index in [1.165, 1.54) is 0 Å². The van der Waals surface area contributed by atoms with Crippen LogP contribution < -0.4 is 5.32 Å². The van der Waals surface area contributed by atoms with Gasteiger partial charge in [0.2, 0.25) is 5.91 Å². The number of nitrogens with one attached hydrogen (secondary N) is 1. The van der Waals surface area contributed by atoms with E-state index >= 15 is 0 Å². The number of hydrogen-bond acceptors (Lipinski definition) is 4. The van der Waals surface area contributed by atoms with Gasteiger partial charge < -0.3 is 10.4 Å². The van der Waals surface area contributed by atoms with Crippen molar-refractivity contribution in [1.29, 1.82) is 0 Å². The van der Waals surface area contributed by atoms with Crippen LogP contribution >= 0.6 is 0 Å². The Bertz CT molecular complexity index is 666. The van der Waals surface area contributed by atoms with Crippen molar-refractivity contribution in [2.75, 3.05) is 0 Å². The Labute approximate surface area is 129 Å². The SMILES string of the molecule is O=C(Cn1nnc2c1CCCC2)NCc1ccccc1CO. The van der Waals surface area contributed by atoms with Crippen molar-refractivity contribution in [3.05, 3.63) is 46.8 Å². The number of aliphatic hydroxyl groups is 1. The van der Waals surface area contributed by atoms with Gasteiger partial charge in [-0.2, -0.15) is 0 Å². The standard InChI is InChI=1S/C16H20N4O2/c21-11-13-6-2-1-5-12(13)9-17-16(22)10-20-15-8-4-3-7-14(15)18-19-20/h1-2,5-6,21H,3-4,7-11H2,(H,17,22). The number of carbonyl (C=O) groups excluding carboxylic acids is 1. The van der Waals surface area contributed by atoms with E-state index < -0.39 is 0 Å². The highest BCUT2D eigenvalue weighted by atomic mass is 16.3. The van der Waals surface area contributed by atoms with Gasteiger partial charge >= 0.3 is 0 Å². The van der Waals surface area contributed by atoms with Crippen molar-refractivity contribution >= 4 is 5.91 Å². The molecule has 3 rings (SSSR count). The summed E-state index contributed by atoms with van der Waals surface area (Å²) in [6, 6.07) is 7.53. The first kappa shape index (κ1) is 14.7. The quantitative estimate of drug-likeness (QED) is 0.862. The summed E-state index contributed by atoms with van der Waals surface area (Å²) in [5.41, 5.74) is 3.89. The van der Waals surface area contributed by atoms with Gasteiger partial charge in [-0.05, 0) is 36.8 Å². The summed E-state index contributed by atoms with van der Waals surface area (Å²) in [5, 5.41) is 20.4. The zero-order chi connectivity index (χ0) is 15.4. The molecule has 0 fully saturated rings. The highest BCUT2D eigenvalue weighted by Gasteiger charge is 2.18. The highest BCUT2D eigenvalue weighted by Crippen LogP contribution is 2.18. The minimum Gasteiger partial charge on any atom is -0.392 e. The Hall–Kier alpha value is -2.21. The number of aliphatic hydroxyl groups excluding tert-OH is 1. The van der Waals surface area contributed by atoms with Crippen LogP contribution in [0.5, 0.6) is 0 Å². The molecule has 22 heavy (non-hydrogen) atoms. The first-order chi connectivity index (χ1) is 10.8. The first-order valence-electron chi connectivity index (χ1n) is 7.63. The molecule has 1 aliphatic rings. The molecule has 6 heteroatoms. The predicted molar refractivity (Wildman–Crippen MR) is 80.9 cm³/mol. The van der Waals surface area contributed by atoms with E-state index in [0.29, 0.717) is 6.54 Å². The van der Waals surface area contributed by atoms with Crippen LogP contribution in [0.25, 0.3) is 0 Å². The van der Waals surface area contributed by atoms with E-state index in [1.807, 2.05) is 24.3 Å². The lowest BCUT2D eigenvalue weighted by Gasteiger charge is -2.12. The lowest BCUT2D eigenvalue weighted by molar-refractivity contribution is -0.122. The van der Waals surface area contributed by atoms with Gasteiger partial charge in [-0.15, -0.1) is 5.10 Å². The van der Waals surface area contributed by atoms with Gasteiger partial charge in [-0.1, -0.05) is 29.5 Å². The van der Waals surface area contributed by atoms with E-state index in [1.54, 1.807) is 4.68 Å². The monoisotopic (exact) mass is 300 g/mol. The zero-order valence-electron chi connectivity index (χ0n) is 12.5. The van der Waals surface area contributed by atoms with Crippen LogP contribution in [0.2, 0.25) is 0 Å².